The molecule has 164 valence electrons. The van der Waals surface area contributed by atoms with E-state index in [0.29, 0.717) is 12.0 Å². The van der Waals surface area contributed by atoms with Crippen LogP contribution in [0.4, 0.5) is 13.2 Å². The number of halogens is 3. The van der Waals surface area contributed by atoms with Crippen molar-refractivity contribution in [2.24, 2.45) is 0 Å². The van der Waals surface area contributed by atoms with Crippen molar-refractivity contribution in [2.45, 2.75) is 24.3 Å². The van der Waals surface area contributed by atoms with E-state index in [0.717, 1.165) is 24.3 Å². The molecule has 7 nitrogen and oxygen atoms in total. The standard InChI is InChI=1S/C19H21F3N2O5S/c1-28-16-7-2-13(12-17(16)29-19(21)22)8-10-23-18(25)9-11-24-30(26,27)15-5-3-14(20)4-6-15/h2-7,12,19,24H,8-11H2,1H3,(H,23,25). The Bertz CT molecular complexity index is 953. The van der Waals surface area contributed by atoms with E-state index < -0.39 is 28.4 Å². The van der Waals surface area contributed by atoms with Crippen LogP contribution in [-0.2, 0) is 21.2 Å². The lowest BCUT2D eigenvalue weighted by Gasteiger charge is -2.12. The van der Waals surface area contributed by atoms with Crippen LogP contribution in [0.3, 0.4) is 0 Å². The normalized spacial score (nSPS) is 11.4. The van der Waals surface area contributed by atoms with Crippen LogP contribution < -0.4 is 19.5 Å². The van der Waals surface area contributed by atoms with Crippen LogP contribution in [0.5, 0.6) is 11.5 Å². The number of carbonyl (C=O) groups is 1. The predicted molar refractivity (Wildman–Crippen MR) is 103 cm³/mol. The van der Waals surface area contributed by atoms with Crippen LogP contribution in [0.25, 0.3) is 0 Å². The third-order valence-corrected chi connectivity index (χ3v) is 5.42. The van der Waals surface area contributed by atoms with Gasteiger partial charge in [-0.25, -0.2) is 17.5 Å². The van der Waals surface area contributed by atoms with Gasteiger partial charge in [0.25, 0.3) is 0 Å². The fraction of sp³-hybridized carbons (Fsp3) is 0.316. The second-order valence-corrected chi connectivity index (χ2v) is 7.83. The second kappa shape index (κ2) is 10.8. The lowest BCUT2D eigenvalue weighted by atomic mass is 10.1. The molecule has 0 unspecified atom stereocenters. The molecular formula is C19H21F3N2O5S. The Balaban J connectivity index is 1.78. The summed E-state index contributed by atoms with van der Waals surface area (Å²) in [6.07, 6.45) is 0.236. The summed E-state index contributed by atoms with van der Waals surface area (Å²) in [5, 5.41) is 2.61. The Labute approximate surface area is 172 Å². The molecule has 2 aromatic carbocycles. The molecule has 0 aliphatic heterocycles. The van der Waals surface area contributed by atoms with Crippen molar-refractivity contribution in [2.75, 3.05) is 20.2 Å². The van der Waals surface area contributed by atoms with Crippen molar-refractivity contribution in [3.63, 3.8) is 0 Å². The van der Waals surface area contributed by atoms with E-state index in [9.17, 15) is 26.4 Å². The first-order valence-electron chi connectivity index (χ1n) is 8.85. The van der Waals surface area contributed by atoms with E-state index in [2.05, 4.69) is 14.8 Å². The van der Waals surface area contributed by atoms with Gasteiger partial charge in [-0.15, -0.1) is 0 Å². The molecule has 0 atom stereocenters. The molecule has 0 heterocycles. The zero-order valence-electron chi connectivity index (χ0n) is 16.0. The van der Waals surface area contributed by atoms with Gasteiger partial charge in [0.1, 0.15) is 5.82 Å². The number of amides is 1. The first-order chi connectivity index (χ1) is 14.2. The van der Waals surface area contributed by atoms with Gasteiger partial charge >= 0.3 is 6.61 Å². The SMILES string of the molecule is COc1ccc(CCNC(=O)CCNS(=O)(=O)c2ccc(F)cc2)cc1OC(F)F. The molecule has 0 spiro atoms. The first kappa shape index (κ1) is 23.5. The number of hydrogen-bond donors (Lipinski definition) is 2. The molecule has 0 bridgehead atoms. The molecule has 2 rings (SSSR count). The highest BCUT2D eigenvalue weighted by molar-refractivity contribution is 7.89. The maximum atomic E-state index is 12.9. The molecule has 0 radical (unpaired) electrons. The number of benzene rings is 2. The molecule has 11 heteroatoms. The van der Waals surface area contributed by atoms with Gasteiger partial charge in [0.05, 0.1) is 12.0 Å². The van der Waals surface area contributed by atoms with Crippen LogP contribution in [-0.4, -0.2) is 41.1 Å². The third-order valence-electron chi connectivity index (χ3n) is 3.95. The number of methoxy groups -OCH3 is 1. The van der Waals surface area contributed by atoms with Gasteiger partial charge < -0.3 is 14.8 Å². The largest absolute Gasteiger partial charge is 0.493 e. The molecule has 0 aliphatic carbocycles. The monoisotopic (exact) mass is 446 g/mol. The van der Waals surface area contributed by atoms with Crippen molar-refractivity contribution in [1.29, 1.82) is 0 Å². The van der Waals surface area contributed by atoms with Gasteiger partial charge in [0.2, 0.25) is 15.9 Å². The van der Waals surface area contributed by atoms with Crippen molar-refractivity contribution in [3.8, 4) is 11.5 Å². The number of hydrogen-bond acceptors (Lipinski definition) is 5. The van der Waals surface area contributed by atoms with E-state index in [1.54, 1.807) is 6.07 Å². The van der Waals surface area contributed by atoms with Gasteiger partial charge in [-0.05, 0) is 48.4 Å². The number of nitrogens with one attached hydrogen (secondary N) is 2. The number of carbonyl (C=O) groups excluding carboxylic acids is 1. The fourth-order valence-electron chi connectivity index (χ4n) is 2.50. The van der Waals surface area contributed by atoms with Crippen molar-refractivity contribution < 1.29 is 35.9 Å². The summed E-state index contributed by atoms with van der Waals surface area (Å²) >= 11 is 0. The van der Waals surface area contributed by atoms with Crippen LogP contribution in [0.15, 0.2) is 47.4 Å². The summed E-state index contributed by atoms with van der Waals surface area (Å²) < 4.78 is 73.5. The lowest BCUT2D eigenvalue weighted by molar-refractivity contribution is -0.120. The Morgan fingerprint density at radius 1 is 1.07 bits per heavy atom. The number of ether oxygens (including phenoxy) is 2. The summed E-state index contributed by atoms with van der Waals surface area (Å²) in [6, 6.07) is 8.83. The molecule has 0 saturated heterocycles. The zero-order chi connectivity index (χ0) is 22.1. The molecule has 30 heavy (non-hydrogen) atoms. The Kier molecular flexibility index (Phi) is 8.48. The van der Waals surface area contributed by atoms with Crippen molar-refractivity contribution >= 4 is 15.9 Å². The highest BCUT2D eigenvalue weighted by Crippen LogP contribution is 2.29. The molecular weight excluding hydrogens is 425 g/mol. The topological polar surface area (TPSA) is 93.7 Å². The maximum absolute atomic E-state index is 12.9. The summed E-state index contributed by atoms with van der Waals surface area (Å²) in [5.74, 6) is -0.893. The Hall–Kier alpha value is -2.79. The Morgan fingerprint density at radius 3 is 2.40 bits per heavy atom. The summed E-state index contributed by atoms with van der Waals surface area (Å²) in [6.45, 7) is -2.92. The van der Waals surface area contributed by atoms with Gasteiger partial charge in [-0.1, -0.05) is 6.07 Å². The van der Waals surface area contributed by atoms with Crippen LogP contribution in [0, 0.1) is 5.82 Å². The van der Waals surface area contributed by atoms with E-state index in [4.69, 9.17) is 4.74 Å². The minimum Gasteiger partial charge on any atom is -0.493 e. The van der Waals surface area contributed by atoms with E-state index >= 15 is 0 Å². The molecule has 0 aliphatic rings. The number of rotatable bonds is 11. The highest BCUT2D eigenvalue weighted by atomic mass is 32.2. The molecule has 2 N–H and O–H groups in total. The first-order valence-corrected chi connectivity index (χ1v) is 10.3. The fourth-order valence-corrected chi connectivity index (χ4v) is 3.53. The van der Waals surface area contributed by atoms with E-state index in [1.807, 2.05) is 0 Å². The van der Waals surface area contributed by atoms with Crippen LogP contribution in [0.2, 0.25) is 0 Å². The second-order valence-electron chi connectivity index (χ2n) is 6.07. The molecule has 0 fully saturated rings. The minimum atomic E-state index is -3.84. The van der Waals surface area contributed by atoms with Crippen LogP contribution in [0.1, 0.15) is 12.0 Å². The molecule has 0 aromatic heterocycles. The summed E-state index contributed by atoms with van der Waals surface area (Å²) in [4.78, 5) is 11.8. The minimum absolute atomic E-state index is 0.105. The summed E-state index contributed by atoms with van der Waals surface area (Å²) in [7, 11) is -2.51. The highest BCUT2D eigenvalue weighted by Gasteiger charge is 2.14. The van der Waals surface area contributed by atoms with Gasteiger partial charge in [-0.2, -0.15) is 8.78 Å². The lowest BCUT2D eigenvalue weighted by Crippen LogP contribution is -2.31. The average molecular weight is 446 g/mol. The number of sulfonamides is 1. The van der Waals surface area contributed by atoms with Gasteiger partial charge in [0.15, 0.2) is 11.5 Å². The average Bonchev–Trinajstić information content (AvgIpc) is 2.68. The predicted octanol–water partition coefficient (Wildman–Crippen LogP) is 2.46. The van der Waals surface area contributed by atoms with E-state index in [-0.39, 0.29) is 35.9 Å². The third kappa shape index (κ3) is 7.23. The van der Waals surface area contributed by atoms with Gasteiger partial charge in [-0.3, -0.25) is 4.79 Å². The van der Waals surface area contributed by atoms with Crippen LogP contribution >= 0.6 is 0 Å². The maximum Gasteiger partial charge on any atom is 0.387 e. The number of alkyl halides is 2. The van der Waals surface area contributed by atoms with Crippen molar-refractivity contribution in [3.05, 3.63) is 53.8 Å². The van der Waals surface area contributed by atoms with Crippen molar-refractivity contribution in [1.82, 2.24) is 10.0 Å². The smallest absolute Gasteiger partial charge is 0.387 e. The quantitative estimate of drug-likeness (QED) is 0.553. The van der Waals surface area contributed by atoms with E-state index in [1.165, 1.54) is 19.2 Å². The molecule has 2 aromatic rings. The summed E-state index contributed by atoms with van der Waals surface area (Å²) in [5.41, 5.74) is 0.642. The Morgan fingerprint density at radius 2 is 1.77 bits per heavy atom. The zero-order valence-corrected chi connectivity index (χ0v) is 16.8. The van der Waals surface area contributed by atoms with Gasteiger partial charge in [0, 0.05) is 19.5 Å². The molecule has 0 saturated carbocycles. The molecule has 1 amide bonds.